The molecule has 1 saturated heterocycles. The van der Waals surface area contributed by atoms with E-state index in [1.54, 1.807) is 12.1 Å². The van der Waals surface area contributed by atoms with Crippen LogP contribution in [0.25, 0.3) is 0 Å². The van der Waals surface area contributed by atoms with Gasteiger partial charge in [0.15, 0.2) is 23.1 Å². The molecule has 0 bridgehead atoms. The molecule has 1 aliphatic heterocycles. The first kappa shape index (κ1) is 24.9. The number of halogens is 4. The summed E-state index contributed by atoms with van der Waals surface area (Å²) in [7, 11) is 1.17. The molecule has 1 aliphatic rings. The fourth-order valence-corrected chi connectivity index (χ4v) is 4.07. The number of ether oxygens (including phenoxy) is 2. The molecule has 3 aromatic carbocycles. The summed E-state index contributed by atoms with van der Waals surface area (Å²) < 4.78 is 65.6. The number of nitrogens with one attached hydrogen (secondary N) is 1. The maximum absolute atomic E-state index is 14.1. The Morgan fingerprint density at radius 2 is 1.72 bits per heavy atom. The second-order valence-corrected chi connectivity index (χ2v) is 8.15. The molecule has 0 unspecified atom stereocenters. The van der Waals surface area contributed by atoms with Crippen LogP contribution in [0.1, 0.15) is 28.8 Å². The Labute approximate surface area is 204 Å². The molecule has 0 aliphatic carbocycles. The van der Waals surface area contributed by atoms with E-state index in [1.165, 1.54) is 19.2 Å². The highest BCUT2D eigenvalue weighted by Crippen LogP contribution is 2.33. The zero-order valence-electron chi connectivity index (χ0n) is 19.2. The normalized spacial score (nSPS) is 13.7. The molecule has 0 spiro atoms. The zero-order valence-corrected chi connectivity index (χ0v) is 19.2. The lowest BCUT2D eigenvalue weighted by molar-refractivity contribution is 0.102. The molecule has 1 fully saturated rings. The van der Waals surface area contributed by atoms with Crippen molar-refractivity contribution in [3.05, 3.63) is 82.9 Å². The number of hydrogen-bond acceptors (Lipinski definition) is 5. The zero-order chi connectivity index (χ0) is 25.8. The number of methoxy groups -OCH3 is 1. The predicted octanol–water partition coefficient (Wildman–Crippen LogP) is 5.42. The number of benzene rings is 3. The van der Waals surface area contributed by atoms with Crippen LogP contribution >= 0.6 is 0 Å². The second-order valence-electron chi connectivity index (χ2n) is 8.15. The number of piperidine rings is 1. The fourth-order valence-electron chi connectivity index (χ4n) is 4.07. The van der Waals surface area contributed by atoms with Crippen LogP contribution < -0.4 is 19.7 Å². The highest BCUT2D eigenvalue weighted by Gasteiger charge is 2.25. The summed E-state index contributed by atoms with van der Waals surface area (Å²) in [6.07, 6.45) is 0.706. The van der Waals surface area contributed by atoms with Gasteiger partial charge in [-0.2, -0.15) is 5.26 Å². The molecular weight excluding hydrogens is 478 g/mol. The molecule has 1 amide bonds. The second kappa shape index (κ2) is 10.6. The number of carbonyl (C=O) groups is 1. The molecule has 0 atom stereocenters. The minimum Gasteiger partial charge on any atom is -0.493 e. The molecular formula is C26H21F4N3O3. The van der Waals surface area contributed by atoms with Gasteiger partial charge < -0.3 is 19.7 Å². The minimum atomic E-state index is -1.02. The van der Waals surface area contributed by atoms with Gasteiger partial charge in [-0.25, -0.2) is 17.6 Å². The highest BCUT2D eigenvalue weighted by atomic mass is 19.1. The van der Waals surface area contributed by atoms with Crippen molar-refractivity contribution in [1.29, 1.82) is 5.26 Å². The summed E-state index contributed by atoms with van der Waals surface area (Å²) in [6.45, 7) is 0.945. The molecule has 0 radical (unpaired) electrons. The number of nitriles is 1. The van der Waals surface area contributed by atoms with Crippen LogP contribution in [0.2, 0.25) is 0 Å². The summed E-state index contributed by atoms with van der Waals surface area (Å²) in [4.78, 5) is 14.9. The van der Waals surface area contributed by atoms with Crippen LogP contribution in [0.4, 0.5) is 28.9 Å². The Bertz CT molecular complexity index is 1330. The van der Waals surface area contributed by atoms with E-state index in [0.717, 1.165) is 18.2 Å². The predicted molar refractivity (Wildman–Crippen MR) is 124 cm³/mol. The van der Waals surface area contributed by atoms with Crippen LogP contribution in [0, 0.1) is 34.6 Å². The average Bonchev–Trinajstić information content (AvgIpc) is 2.86. The molecule has 36 heavy (non-hydrogen) atoms. The van der Waals surface area contributed by atoms with Gasteiger partial charge in [-0.1, -0.05) is 0 Å². The maximum Gasteiger partial charge on any atom is 0.259 e. The van der Waals surface area contributed by atoms with Gasteiger partial charge in [0.1, 0.15) is 17.7 Å². The summed E-state index contributed by atoms with van der Waals surface area (Å²) in [5, 5.41) is 11.9. The molecule has 10 heteroatoms. The molecule has 0 aromatic heterocycles. The molecule has 1 heterocycles. The SMILES string of the molecule is COc1c(F)cc(F)cc1C(=O)Nc1cc(C#N)ccc1N1CCC(Oc2ccc(F)cc2F)CC1. The monoisotopic (exact) mass is 499 g/mol. The fraction of sp³-hybridized carbons (Fsp3) is 0.231. The van der Waals surface area contributed by atoms with Gasteiger partial charge >= 0.3 is 0 Å². The highest BCUT2D eigenvalue weighted by molar-refractivity contribution is 6.07. The van der Waals surface area contributed by atoms with E-state index in [-0.39, 0.29) is 28.7 Å². The van der Waals surface area contributed by atoms with Gasteiger partial charge in [-0.15, -0.1) is 0 Å². The van der Waals surface area contributed by atoms with Crippen LogP contribution in [-0.4, -0.2) is 32.2 Å². The summed E-state index contributed by atoms with van der Waals surface area (Å²) in [6, 6.07) is 11.3. The lowest BCUT2D eigenvalue weighted by Crippen LogP contribution is -2.38. The average molecular weight is 499 g/mol. The van der Waals surface area contributed by atoms with Crippen LogP contribution in [0.15, 0.2) is 48.5 Å². The Kier molecular flexibility index (Phi) is 7.29. The van der Waals surface area contributed by atoms with Crippen LogP contribution in [0.3, 0.4) is 0 Å². The molecule has 0 saturated carbocycles. The number of anilines is 2. The summed E-state index contributed by atoms with van der Waals surface area (Å²) >= 11 is 0. The summed E-state index contributed by atoms with van der Waals surface area (Å²) in [5.41, 5.74) is 0.799. The van der Waals surface area contributed by atoms with Gasteiger partial charge in [0.2, 0.25) is 0 Å². The standard InChI is InChI=1S/C26H21F4N3O3/c1-35-25-19(11-17(28)13-21(25)30)26(34)32-22-10-15(14-31)2-4-23(22)33-8-6-18(7-9-33)36-24-5-3-16(27)12-20(24)29/h2-5,10-13,18H,6-9H2,1H3,(H,32,34). The number of amides is 1. The quantitative estimate of drug-likeness (QED) is 0.459. The van der Waals surface area contributed by atoms with Crippen molar-refractivity contribution in [2.24, 2.45) is 0 Å². The van der Waals surface area contributed by atoms with Gasteiger partial charge in [-0.05, 0) is 36.4 Å². The van der Waals surface area contributed by atoms with Crippen molar-refractivity contribution < 1.29 is 31.8 Å². The van der Waals surface area contributed by atoms with E-state index >= 15 is 0 Å². The first-order chi connectivity index (χ1) is 17.3. The van der Waals surface area contributed by atoms with E-state index in [9.17, 15) is 27.6 Å². The van der Waals surface area contributed by atoms with Crippen molar-refractivity contribution in [2.75, 3.05) is 30.4 Å². The van der Waals surface area contributed by atoms with Crippen LogP contribution in [0.5, 0.6) is 11.5 Å². The minimum absolute atomic E-state index is 0.0301. The number of carbonyl (C=O) groups excluding carboxylic acids is 1. The Hall–Kier alpha value is -4.26. The first-order valence-electron chi connectivity index (χ1n) is 11.0. The number of nitrogens with zero attached hydrogens (tertiary/aromatic N) is 2. The lowest BCUT2D eigenvalue weighted by atomic mass is 10.0. The topological polar surface area (TPSA) is 74.6 Å². The molecule has 1 N–H and O–H groups in total. The Balaban J connectivity index is 1.52. The van der Waals surface area contributed by atoms with Gasteiger partial charge in [0.05, 0.1) is 35.7 Å². The van der Waals surface area contributed by atoms with Gasteiger partial charge in [0, 0.05) is 38.1 Å². The molecule has 4 rings (SSSR count). The Morgan fingerprint density at radius 1 is 1.00 bits per heavy atom. The third kappa shape index (κ3) is 5.35. The number of rotatable bonds is 6. The van der Waals surface area contributed by atoms with E-state index in [0.29, 0.717) is 37.7 Å². The van der Waals surface area contributed by atoms with Crippen molar-refractivity contribution in [3.8, 4) is 17.6 Å². The van der Waals surface area contributed by atoms with E-state index in [1.807, 2.05) is 11.0 Å². The van der Waals surface area contributed by atoms with Crippen molar-refractivity contribution >= 4 is 17.3 Å². The van der Waals surface area contributed by atoms with Crippen molar-refractivity contribution in [3.63, 3.8) is 0 Å². The number of hydrogen-bond donors (Lipinski definition) is 1. The lowest BCUT2D eigenvalue weighted by Gasteiger charge is -2.35. The third-order valence-corrected chi connectivity index (χ3v) is 5.80. The Morgan fingerprint density at radius 3 is 2.39 bits per heavy atom. The van der Waals surface area contributed by atoms with Crippen LogP contribution in [-0.2, 0) is 0 Å². The van der Waals surface area contributed by atoms with E-state index in [4.69, 9.17) is 9.47 Å². The van der Waals surface area contributed by atoms with E-state index < -0.39 is 34.9 Å². The van der Waals surface area contributed by atoms with Crippen molar-refractivity contribution in [2.45, 2.75) is 18.9 Å². The maximum atomic E-state index is 14.1. The largest absolute Gasteiger partial charge is 0.493 e. The summed E-state index contributed by atoms with van der Waals surface area (Å²) in [5.74, 6) is -4.68. The van der Waals surface area contributed by atoms with Gasteiger partial charge in [0.25, 0.3) is 5.91 Å². The third-order valence-electron chi connectivity index (χ3n) is 5.80. The molecule has 186 valence electrons. The van der Waals surface area contributed by atoms with Crippen molar-refractivity contribution in [1.82, 2.24) is 0 Å². The molecule has 6 nitrogen and oxygen atoms in total. The first-order valence-corrected chi connectivity index (χ1v) is 11.0. The smallest absolute Gasteiger partial charge is 0.259 e. The van der Waals surface area contributed by atoms with Gasteiger partial charge in [-0.3, -0.25) is 4.79 Å². The van der Waals surface area contributed by atoms with E-state index in [2.05, 4.69) is 5.32 Å². The molecule has 3 aromatic rings.